The molecule has 0 heterocycles. The summed E-state index contributed by atoms with van der Waals surface area (Å²) in [6, 6.07) is 4.21. The van der Waals surface area contributed by atoms with Crippen molar-refractivity contribution in [2.45, 2.75) is 10.0 Å². The molecule has 1 atom stereocenters. The van der Waals surface area contributed by atoms with Crippen molar-refractivity contribution in [3.8, 4) is 0 Å². The Morgan fingerprint density at radius 3 is 2.29 bits per heavy atom. The largest absolute Gasteiger partial charge is 0.369 e. The smallest absolute Gasteiger partial charge is 0.253 e. The maximum absolute atomic E-state index is 11.6. The topological polar surface area (TPSA) is 49.3 Å². The fourth-order valence-electron chi connectivity index (χ4n) is 0.927. The fraction of sp³-hybridized carbons (Fsp3) is 0.222. The van der Waals surface area contributed by atoms with Gasteiger partial charge in [0.2, 0.25) is 3.79 Å². The predicted octanol–water partition coefficient (Wildman–Crippen LogP) is 3.41. The van der Waals surface area contributed by atoms with Gasteiger partial charge in [-0.05, 0) is 18.2 Å². The van der Waals surface area contributed by atoms with E-state index < -0.39 is 15.9 Å². The Bertz CT molecular complexity index is 432. The normalized spacial score (nSPS) is 13.3. The summed E-state index contributed by atoms with van der Waals surface area (Å²) >= 11 is 27.6. The Morgan fingerprint density at radius 1 is 1.24 bits per heavy atom. The number of hydrogen-bond donors (Lipinski definition) is 2. The van der Waals surface area contributed by atoms with Gasteiger partial charge in [-0.15, -0.1) is 0 Å². The maximum atomic E-state index is 11.6. The Morgan fingerprint density at radius 2 is 1.82 bits per heavy atom. The fourth-order valence-corrected chi connectivity index (χ4v) is 1.39. The molecule has 0 saturated carbocycles. The van der Waals surface area contributed by atoms with Crippen molar-refractivity contribution < 1.29 is 9.90 Å². The van der Waals surface area contributed by atoms with Crippen LogP contribution in [-0.4, -0.2) is 21.0 Å². The number of benzene rings is 1. The summed E-state index contributed by atoms with van der Waals surface area (Å²) in [4.78, 5) is 11.6. The van der Waals surface area contributed by atoms with Crippen LogP contribution in [0.3, 0.4) is 0 Å². The van der Waals surface area contributed by atoms with E-state index in [1.165, 1.54) is 18.2 Å². The molecule has 0 aliphatic rings. The first-order valence-corrected chi connectivity index (χ1v) is 6.11. The first kappa shape index (κ1) is 15.2. The number of rotatable bonds is 2. The van der Waals surface area contributed by atoms with E-state index in [9.17, 15) is 9.90 Å². The molecule has 0 bridgehead atoms. The van der Waals surface area contributed by atoms with Gasteiger partial charge in [0, 0.05) is 5.56 Å². The molecule has 0 radical (unpaired) electrons. The first-order valence-electron chi connectivity index (χ1n) is 4.22. The van der Waals surface area contributed by atoms with Gasteiger partial charge in [-0.25, -0.2) is 0 Å². The summed E-state index contributed by atoms with van der Waals surface area (Å²) in [5.74, 6) is -0.637. The zero-order valence-corrected chi connectivity index (χ0v) is 11.8. The van der Waals surface area contributed by atoms with Crippen molar-refractivity contribution in [1.82, 2.24) is 5.32 Å². The van der Waals surface area contributed by atoms with Crippen molar-refractivity contribution in [1.29, 1.82) is 0 Å². The number of carbonyl (C=O) groups is 1. The van der Waals surface area contributed by atoms with Gasteiger partial charge in [0.1, 0.15) is 0 Å². The Hall–Kier alpha value is 0.1000. The lowest BCUT2D eigenvalue weighted by Gasteiger charge is -2.19. The average molecular weight is 337 g/mol. The van der Waals surface area contributed by atoms with Crippen molar-refractivity contribution in [2.75, 3.05) is 0 Å². The highest BCUT2D eigenvalue weighted by atomic mass is 35.6. The SMILES string of the molecule is O=C(NC(O)C(Cl)(Cl)Cl)c1ccc(Cl)c(Cl)c1. The first-order chi connectivity index (χ1) is 7.71. The van der Waals surface area contributed by atoms with Crippen LogP contribution >= 0.6 is 58.0 Å². The van der Waals surface area contributed by atoms with E-state index in [-0.39, 0.29) is 10.6 Å². The molecular formula is C9H6Cl5NO2. The molecule has 1 amide bonds. The summed E-state index contributed by atoms with van der Waals surface area (Å²) in [5, 5.41) is 12.0. The van der Waals surface area contributed by atoms with Crippen molar-refractivity contribution in [3.63, 3.8) is 0 Å². The van der Waals surface area contributed by atoms with Crippen LogP contribution in [0.15, 0.2) is 18.2 Å². The number of alkyl halides is 3. The van der Waals surface area contributed by atoms with E-state index in [4.69, 9.17) is 58.0 Å². The van der Waals surface area contributed by atoms with Crippen LogP contribution in [0.2, 0.25) is 10.0 Å². The average Bonchev–Trinajstić information content (AvgIpc) is 2.20. The van der Waals surface area contributed by atoms with Gasteiger partial charge in [-0.2, -0.15) is 0 Å². The number of halogens is 5. The second kappa shape index (κ2) is 5.83. The third-order valence-corrected chi connectivity index (χ3v) is 3.12. The Kier molecular flexibility index (Phi) is 5.20. The summed E-state index contributed by atoms with van der Waals surface area (Å²) in [5.41, 5.74) is 0.188. The number of carbonyl (C=O) groups excluding carboxylic acids is 1. The molecule has 0 aromatic heterocycles. The molecule has 8 heteroatoms. The number of amides is 1. The summed E-state index contributed by atoms with van der Waals surface area (Å²) in [6.07, 6.45) is -1.63. The van der Waals surface area contributed by atoms with Crippen LogP contribution in [0.4, 0.5) is 0 Å². The predicted molar refractivity (Wildman–Crippen MR) is 70.2 cm³/mol. The minimum Gasteiger partial charge on any atom is -0.369 e. The Labute approximate surface area is 123 Å². The number of aliphatic hydroxyl groups is 1. The molecule has 1 aromatic carbocycles. The van der Waals surface area contributed by atoms with E-state index in [1.807, 2.05) is 0 Å². The summed E-state index contributed by atoms with van der Waals surface area (Å²) in [6.45, 7) is 0. The van der Waals surface area contributed by atoms with Crippen molar-refractivity contribution in [2.24, 2.45) is 0 Å². The lowest BCUT2D eigenvalue weighted by molar-refractivity contribution is 0.0792. The maximum Gasteiger partial charge on any atom is 0.253 e. The quantitative estimate of drug-likeness (QED) is 0.642. The molecular weight excluding hydrogens is 331 g/mol. The highest BCUT2D eigenvalue weighted by Crippen LogP contribution is 2.29. The molecule has 1 unspecified atom stereocenters. The van der Waals surface area contributed by atoms with Gasteiger partial charge in [0.05, 0.1) is 10.0 Å². The van der Waals surface area contributed by atoms with Crippen molar-refractivity contribution >= 4 is 63.9 Å². The molecule has 1 aromatic rings. The summed E-state index contributed by atoms with van der Waals surface area (Å²) in [7, 11) is 0. The highest BCUT2D eigenvalue weighted by molar-refractivity contribution is 6.68. The minimum atomic E-state index is -2.01. The third-order valence-electron chi connectivity index (χ3n) is 1.76. The Balaban J connectivity index is 2.80. The standard InChI is InChI=1S/C9H6Cl5NO2/c10-5-2-1-4(3-6(5)11)7(16)15-8(17)9(12,13)14/h1-3,8,17H,(H,15,16). The molecule has 0 saturated heterocycles. The molecule has 17 heavy (non-hydrogen) atoms. The molecule has 0 aliphatic heterocycles. The second-order valence-corrected chi connectivity index (χ2v) is 6.23. The van der Waals surface area contributed by atoms with Crippen LogP contribution < -0.4 is 5.32 Å². The van der Waals surface area contributed by atoms with Gasteiger partial charge in [-0.1, -0.05) is 58.0 Å². The molecule has 2 N–H and O–H groups in total. The second-order valence-electron chi connectivity index (χ2n) is 3.05. The van der Waals surface area contributed by atoms with Gasteiger partial charge < -0.3 is 10.4 Å². The lowest BCUT2D eigenvalue weighted by atomic mass is 10.2. The molecule has 0 aliphatic carbocycles. The van der Waals surface area contributed by atoms with Gasteiger partial charge in [0.25, 0.3) is 5.91 Å². The number of nitrogens with one attached hydrogen (secondary N) is 1. The van der Waals surface area contributed by atoms with Crippen LogP contribution in [0.25, 0.3) is 0 Å². The van der Waals surface area contributed by atoms with Crippen LogP contribution in [0.1, 0.15) is 10.4 Å². The van der Waals surface area contributed by atoms with Crippen molar-refractivity contribution in [3.05, 3.63) is 33.8 Å². The van der Waals surface area contributed by atoms with Crippen LogP contribution in [0.5, 0.6) is 0 Å². The zero-order chi connectivity index (χ0) is 13.2. The third kappa shape index (κ3) is 4.36. The molecule has 94 valence electrons. The zero-order valence-electron chi connectivity index (χ0n) is 8.05. The molecule has 0 fully saturated rings. The lowest BCUT2D eigenvalue weighted by Crippen LogP contribution is -2.43. The van der Waals surface area contributed by atoms with Gasteiger partial charge in [0.15, 0.2) is 6.23 Å². The van der Waals surface area contributed by atoms with E-state index in [2.05, 4.69) is 5.32 Å². The highest BCUT2D eigenvalue weighted by Gasteiger charge is 2.32. The molecule has 0 spiro atoms. The summed E-state index contributed by atoms with van der Waals surface area (Å²) < 4.78 is -2.01. The number of hydrogen-bond acceptors (Lipinski definition) is 2. The molecule has 1 rings (SSSR count). The van der Waals surface area contributed by atoms with Gasteiger partial charge >= 0.3 is 0 Å². The van der Waals surface area contributed by atoms with E-state index in [1.54, 1.807) is 0 Å². The number of aliphatic hydroxyl groups excluding tert-OH is 1. The van der Waals surface area contributed by atoms with E-state index >= 15 is 0 Å². The van der Waals surface area contributed by atoms with Gasteiger partial charge in [-0.3, -0.25) is 4.79 Å². The van der Waals surface area contributed by atoms with E-state index in [0.29, 0.717) is 5.02 Å². The van der Waals surface area contributed by atoms with Crippen LogP contribution in [-0.2, 0) is 0 Å². The molecule has 3 nitrogen and oxygen atoms in total. The monoisotopic (exact) mass is 335 g/mol. The minimum absolute atomic E-state index is 0.188. The van der Waals surface area contributed by atoms with Crippen LogP contribution in [0, 0.1) is 0 Å². The van der Waals surface area contributed by atoms with E-state index in [0.717, 1.165) is 0 Å².